The monoisotopic (exact) mass is 304 g/mol. The number of piperazine rings is 1. The van der Waals surface area contributed by atoms with Crippen molar-refractivity contribution in [2.45, 2.75) is 6.04 Å². The van der Waals surface area contributed by atoms with Crippen LogP contribution >= 0.6 is 0 Å². The van der Waals surface area contributed by atoms with Gasteiger partial charge in [0.2, 0.25) is 0 Å². The van der Waals surface area contributed by atoms with Gasteiger partial charge in [-0.05, 0) is 31.3 Å². The number of urea groups is 1. The number of benzene rings is 1. The van der Waals surface area contributed by atoms with Crippen LogP contribution in [0.1, 0.15) is 0 Å². The summed E-state index contributed by atoms with van der Waals surface area (Å²) in [6, 6.07) is 7.91. The molecule has 6 nitrogen and oxygen atoms in total. The molecule has 0 unspecified atom stereocenters. The maximum absolute atomic E-state index is 12.2. The van der Waals surface area contributed by atoms with Crippen LogP contribution in [0, 0.1) is 0 Å². The number of anilines is 1. The molecule has 0 spiro atoms. The van der Waals surface area contributed by atoms with E-state index in [1.54, 1.807) is 7.11 Å². The van der Waals surface area contributed by atoms with Crippen LogP contribution in [0.4, 0.5) is 10.5 Å². The number of carbonyl (C=O) groups is 1. The number of likely N-dealkylation sites (N-methyl/N-ethyl adjacent to an activating group) is 1. The van der Waals surface area contributed by atoms with E-state index in [9.17, 15) is 4.79 Å². The second-order valence-corrected chi connectivity index (χ2v) is 6.06. The van der Waals surface area contributed by atoms with Crippen molar-refractivity contribution in [3.63, 3.8) is 0 Å². The Labute approximate surface area is 131 Å². The zero-order chi connectivity index (χ0) is 15.5. The summed E-state index contributed by atoms with van der Waals surface area (Å²) < 4.78 is 5.11. The molecule has 2 saturated heterocycles. The van der Waals surface area contributed by atoms with Gasteiger partial charge >= 0.3 is 6.03 Å². The van der Waals surface area contributed by atoms with E-state index in [0.29, 0.717) is 6.04 Å². The van der Waals surface area contributed by atoms with Crippen LogP contribution in [0.25, 0.3) is 0 Å². The molecule has 120 valence electrons. The Bertz CT molecular complexity index is 505. The summed E-state index contributed by atoms with van der Waals surface area (Å²) in [6.07, 6.45) is 0. The number of carbonyl (C=O) groups excluding carboxylic acids is 1. The van der Waals surface area contributed by atoms with Crippen LogP contribution < -0.4 is 10.1 Å². The third-order valence-corrected chi connectivity index (χ3v) is 4.55. The second kappa shape index (κ2) is 6.54. The summed E-state index contributed by atoms with van der Waals surface area (Å²) in [6.45, 7) is 6.10. The first-order valence-corrected chi connectivity index (χ1v) is 7.78. The van der Waals surface area contributed by atoms with E-state index >= 15 is 0 Å². The van der Waals surface area contributed by atoms with Crippen molar-refractivity contribution >= 4 is 11.7 Å². The molecule has 0 aliphatic carbocycles. The van der Waals surface area contributed by atoms with Gasteiger partial charge in [0.15, 0.2) is 0 Å². The number of nitrogens with one attached hydrogen (secondary N) is 1. The summed E-state index contributed by atoms with van der Waals surface area (Å²) >= 11 is 0. The average Bonchev–Trinajstić information content (AvgIpc) is 2.48. The molecule has 2 amide bonds. The van der Waals surface area contributed by atoms with Crippen LogP contribution in [0.2, 0.25) is 0 Å². The fraction of sp³-hybridized carbons (Fsp3) is 0.562. The van der Waals surface area contributed by atoms with Gasteiger partial charge in [-0.1, -0.05) is 0 Å². The Morgan fingerprint density at radius 2 is 1.77 bits per heavy atom. The normalized spacial score (nSPS) is 20.5. The number of hydrogen-bond acceptors (Lipinski definition) is 4. The lowest BCUT2D eigenvalue weighted by Gasteiger charge is -2.47. The summed E-state index contributed by atoms with van der Waals surface area (Å²) in [5.41, 5.74) is 0.800. The molecule has 3 rings (SSSR count). The summed E-state index contributed by atoms with van der Waals surface area (Å²) in [7, 11) is 3.79. The van der Waals surface area contributed by atoms with Gasteiger partial charge in [0, 0.05) is 51.0 Å². The van der Waals surface area contributed by atoms with Gasteiger partial charge in [-0.2, -0.15) is 0 Å². The van der Waals surface area contributed by atoms with E-state index < -0.39 is 0 Å². The second-order valence-electron chi connectivity index (χ2n) is 6.06. The first kappa shape index (κ1) is 15.1. The van der Waals surface area contributed by atoms with Gasteiger partial charge in [0.25, 0.3) is 0 Å². The van der Waals surface area contributed by atoms with E-state index in [0.717, 1.165) is 50.7 Å². The Hall–Kier alpha value is -1.79. The van der Waals surface area contributed by atoms with Gasteiger partial charge in [-0.25, -0.2) is 4.79 Å². The number of ether oxygens (including phenoxy) is 1. The van der Waals surface area contributed by atoms with E-state index in [1.165, 1.54) is 0 Å². The molecule has 0 saturated carbocycles. The SMILES string of the molecule is COc1ccc(NC(=O)N2CC(N3CCN(C)CC3)C2)cc1. The van der Waals surface area contributed by atoms with Gasteiger partial charge in [-0.15, -0.1) is 0 Å². The predicted molar refractivity (Wildman–Crippen MR) is 86.4 cm³/mol. The summed E-state index contributed by atoms with van der Waals surface area (Å²) in [4.78, 5) is 18.9. The van der Waals surface area contributed by atoms with E-state index in [4.69, 9.17) is 4.74 Å². The highest BCUT2D eigenvalue weighted by Crippen LogP contribution is 2.19. The van der Waals surface area contributed by atoms with Gasteiger partial charge in [-0.3, -0.25) is 4.90 Å². The molecule has 1 N–H and O–H groups in total. The number of hydrogen-bond donors (Lipinski definition) is 1. The van der Waals surface area contributed by atoms with Gasteiger partial charge in [0.1, 0.15) is 5.75 Å². The van der Waals surface area contributed by atoms with Crippen LogP contribution in [-0.2, 0) is 0 Å². The molecule has 6 heteroatoms. The van der Waals surface area contributed by atoms with Crippen molar-refractivity contribution in [1.29, 1.82) is 0 Å². The van der Waals surface area contributed by atoms with E-state index in [2.05, 4.69) is 22.2 Å². The molecule has 2 aliphatic rings. The van der Waals surface area contributed by atoms with Gasteiger partial charge in [0.05, 0.1) is 7.11 Å². The standard InChI is InChI=1S/C16H24N4O2/c1-18-7-9-19(10-8-18)14-11-20(12-14)16(21)17-13-3-5-15(22-2)6-4-13/h3-6,14H,7-12H2,1-2H3,(H,17,21). The molecule has 1 aromatic carbocycles. The lowest BCUT2D eigenvalue weighted by Crippen LogP contribution is -2.64. The fourth-order valence-corrected chi connectivity index (χ4v) is 2.92. The molecule has 0 radical (unpaired) electrons. The van der Waals surface area contributed by atoms with Crippen LogP contribution in [0.15, 0.2) is 24.3 Å². The van der Waals surface area contributed by atoms with Crippen molar-refractivity contribution < 1.29 is 9.53 Å². The fourth-order valence-electron chi connectivity index (χ4n) is 2.92. The Morgan fingerprint density at radius 3 is 2.36 bits per heavy atom. The van der Waals surface area contributed by atoms with Crippen LogP contribution in [0.3, 0.4) is 0 Å². The predicted octanol–water partition coefficient (Wildman–Crippen LogP) is 1.16. The average molecular weight is 304 g/mol. The highest BCUT2D eigenvalue weighted by Gasteiger charge is 2.35. The lowest BCUT2D eigenvalue weighted by molar-refractivity contribution is 0.0318. The summed E-state index contributed by atoms with van der Waals surface area (Å²) in [5.74, 6) is 0.789. The van der Waals surface area contributed by atoms with Crippen molar-refractivity contribution in [2.24, 2.45) is 0 Å². The van der Waals surface area contributed by atoms with E-state index in [-0.39, 0.29) is 6.03 Å². The molecule has 2 fully saturated rings. The lowest BCUT2D eigenvalue weighted by atomic mass is 10.1. The maximum atomic E-state index is 12.2. The molecule has 0 aromatic heterocycles. The van der Waals surface area contributed by atoms with E-state index in [1.807, 2.05) is 29.2 Å². The Balaban J connectivity index is 1.44. The summed E-state index contributed by atoms with van der Waals surface area (Å²) in [5, 5.41) is 2.93. The molecule has 2 aliphatic heterocycles. The quantitative estimate of drug-likeness (QED) is 0.910. The molecular weight excluding hydrogens is 280 g/mol. The Morgan fingerprint density at radius 1 is 1.14 bits per heavy atom. The van der Waals surface area contributed by atoms with Crippen LogP contribution in [-0.4, -0.2) is 80.2 Å². The third kappa shape index (κ3) is 3.34. The topological polar surface area (TPSA) is 48.1 Å². The van der Waals surface area contributed by atoms with Crippen molar-refractivity contribution in [3.05, 3.63) is 24.3 Å². The number of rotatable bonds is 3. The first-order chi connectivity index (χ1) is 10.7. The largest absolute Gasteiger partial charge is 0.497 e. The first-order valence-electron chi connectivity index (χ1n) is 7.78. The van der Waals surface area contributed by atoms with Crippen molar-refractivity contribution in [3.8, 4) is 5.75 Å². The highest BCUT2D eigenvalue weighted by atomic mass is 16.5. The number of amides is 2. The minimum atomic E-state index is -0.0180. The minimum absolute atomic E-state index is 0.0180. The van der Waals surface area contributed by atoms with Gasteiger partial charge < -0.3 is 19.9 Å². The van der Waals surface area contributed by atoms with Crippen molar-refractivity contribution in [2.75, 3.05) is 58.7 Å². The number of likely N-dealkylation sites (tertiary alicyclic amines) is 1. The zero-order valence-corrected chi connectivity index (χ0v) is 13.3. The molecule has 2 heterocycles. The Kier molecular flexibility index (Phi) is 4.49. The zero-order valence-electron chi connectivity index (χ0n) is 13.3. The van der Waals surface area contributed by atoms with Crippen molar-refractivity contribution in [1.82, 2.24) is 14.7 Å². The smallest absolute Gasteiger partial charge is 0.321 e. The number of nitrogens with zero attached hydrogens (tertiary/aromatic N) is 3. The molecule has 0 bridgehead atoms. The number of methoxy groups -OCH3 is 1. The third-order valence-electron chi connectivity index (χ3n) is 4.55. The molecule has 0 atom stereocenters. The molecule has 1 aromatic rings. The highest BCUT2D eigenvalue weighted by molar-refractivity contribution is 5.90. The molecule has 22 heavy (non-hydrogen) atoms. The van der Waals surface area contributed by atoms with Crippen LogP contribution in [0.5, 0.6) is 5.75 Å². The molecular formula is C16H24N4O2. The maximum Gasteiger partial charge on any atom is 0.321 e. The minimum Gasteiger partial charge on any atom is -0.497 e.